The van der Waals surface area contributed by atoms with E-state index in [1.807, 2.05) is 30.3 Å². The average Bonchev–Trinajstić information content (AvgIpc) is 3.25. The van der Waals surface area contributed by atoms with Crippen molar-refractivity contribution in [1.82, 2.24) is 14.5 Å². The van der Waals surface area contributed by atoms with Gasteiger partial charge in [0, 0.05) is 32.7 Å². The maximum Gasteiger partial charge on any atom is 0.354 e. The second-order valence-electron chi connectivity index (χ2n) is 7.79. The van der Waals surface area contributed by atoms with Gasteiger partial charge < -0.3 is 23.6 Å². The SMILES string of the molecule is COCc1c(CCN(CCc2ccccc2)/C(=C/C(=O)OC)C(=O)OC)nc2cc(C)on2c1=O. The molecule has 0 saturated heterocycles. The van der Waals surface area contributed by atoms with Crippen LogP contribution in [0.25, 0.3) is 5.65 Å². The maximum absolute atomic E-state index is 13.0. The number of fused-ring (bicyclic) bond motifs is 1. The van der Waals surface area contributed by atoms with Gasteiger partial charge in [0.15, 0.2) is 5.65 Å². The molecule has 3 rings (SSSR count). The van der Waals surface area contributed by atoms with Gasteiger partial charge in [-0.15, -0.1) is 4.57 Å². The molecule has 0 radical (unpaired) electrons. The highest BCUT2D eigenvalue weighted by Gasteiger charge is 2.22. The van der Waals surface area contributed by atoms with Crippen molar-refractivity contribution in [2.24, 2.45) is 0 Å². The summed E-state index contributed by atoms with van der Waals surface area (Å²) in [5.41, 5.74) is 2.03. The number of esters is 2. The number of carbonyl (C=O) groups excluding carboxylic acids is 2. The van der Waals surface area contributed by atoms with Crippen molar-refractivity contribution in [2.75, 3.05) is 34.4 Å². The highest BCUT2D eigenvalue weighted by Crippen LogP contribution is 2.15. The maximum atomic E-state index is 13.0. The number of rotatable bonds is 11. The zero-order chi connectivity index (χ0) is 25.4. The molecular formula is C25H29N3O7. The number of ether oxygens (including phenoxy) is 3. The summed E-state index contributed by atoms with van der Waals surface area (Å²) in [4.78, 5) is 43.9. The minimum Gasteiger partial charge on any atom is -0.466 e. The number of methoxy groups -OCH3 is 3. The molecule has 10 nitrogen and oxygen atoms in total. The molecule has 186 valence electrons. The summed E-state index contributed by atoms with van der Waals surface area (Å²) in [6, 6.07) is 11.4. The molecule has 3 aromatic rings. The van der Waals surface area contributed by atoms with E-state index in [1.54, 1.807) is 17.9 Å². The van der Waals surface area contributed by atoms with E-state index in [0.29, 0.717) is 42.1 Å². The van der Waals surface area contributed by atoms with Gasteiger partial charge in [-0.3, -0.25) is 4.79 Å². The first kappa shape index (κ1) is 25.7. The fourth-order valence-corrected chi connectivity index (χ4v) is 3.69. The molecule has 0 atom stereocenters. The Bertz CT molecular complexity index is 1260. The van der Waals surface area contributed by atoms with Gasteiger partial charge >= 0.3 is 11.9 Å². The zero-order valence-electron chi connectivity index (χ0n) is 20.3. The molecule has 2 aromatic heterocycles. The van der Waals surface area contributed by atoms with Crippen molar-refractivity contribution in [2.45, 2.75) is 26.4 Å². The minimum atomic E-state index is -0.679. The molecule has 0 bridgehead atoms. The molecule has 0 N–H and O–H groups in total. The smallest absolute Gasteiger partial charge is 0.354 e. The van der Waals surface area contributed by atoms with Gasteiger partial charge in [0.1, 0.15) is 11.5 Å². The first-order valence-corrected chi connectivity index (χ1v) is 11.0. The minimum absolute atomic E-state index is 0.0513. The predicted molar refractivity (Wildman–Crippen MR) is 127 cm³/mol. The molecule has 0 saturated carbocycles. The van der Waals surface area contributed by atoms with Gasteiger partial charge in [-0.1, -0.05) is 30.3 Å². The zero-order valence-corrected chi connectivity index (χ0v) is 20.3. The van der Waals surface area contributed by atoms with Crippen molar-refractivity contribution in [3.8, 4) is 0 Å². The Morgan fingerprint density at radius 1 is 1.09 bits per heavy atom. The topological polar surface area (TPSA) is 113 Å². The molecule has 0 spiro atoms. The Morgan fingerprint density at radius 3 is 2.46 bits per heavy atom. The fourth-order valence-electron chi connectivity index (χ4n) is 3.69. The Hall–Kier alpha value is -3.92. The van der Waals surface area contributed by atoms with E-state index in [2.05, 4.69) is 4.98 Å². The monoisotopic (exact) mass is 483 g/mol. The average molecular weight is 484 g/mol. The predicted octanol–water partition coefficient (Wildman–Crippen LogP) is 2.06. The van der Waals surface area contributed by atoms with Crippen LogP contribution in [0.2, 0.25) is 0 Å². The van der Waals surface area contributed by atoms with Crippen molar-refractivity contribution in [1.29, 1.82) is 0 Å². The van der Waals surface area contributed by atoms with Crippen LogP contribution in [0.15, 0.2) is 57.5 Å². The van der Waals surface area contributed by atoms with Crippen LogP contribution in [-0.4, -0.2) is 60.8 Å². The van der Waals surface area contributed by atoms with E-state index in [4.69, 9.17) is 18.7 Å². The summed E-state index contributed by atoms with van der Waals surface area (Å²) in [7, 11) is 3.97. The van der Waals surface area contributed by atoms with Crippen LogP contribution in [-0.2, 0) is 43.2 Å². The van der Waals surface area contributed by atoms with E-state index in [-0.39, 0.29) is 24.4 Å². The quantitative estimate of drug-likeness (QED) is 0.299. The Labute approximate surface area is 202 Å². The number of carbonyl (C=O) groups is 2. The van der Waals surface area contributed by atoms with Gasteiger partial charge in [0.05, 0.1) is 38.2 Å². The molecule has 2 heterocycles. The molecule has 0 aliphatic heterocycles. The second kappa shape index (κ2) is 12.0. The van der Waals surface area contributed by atoms with E-state index in [9.17, 15) is 14.4 Å². The number of hydrogen-bond donors (Lipinski definition) is 0. The third kappa shape index (κ3) is 6.36. The first-order chi connectivity index (χ1) is 16.9. The Morgan fingerprint density at radius 2 is 1.80 bits per heavy atom. The number of aromatic nitrogens is 2. The van der Waals surface area contributed by atoms with Crippen LogP contribution in [0.5, 0.6) is 0 Å². The fraction of sp³-hybridized carbons (Fsp3) is 0.360. The molecule has 0 amide bonds. The molecule has 0 aliphatic rings. The number of nitrogens with zero attached hydrogens (tertiary/aromatic N) is 3. The van der Waals surface area contributed by atoms with Crippen LogP contribution in [0, 0.1) is 6.92 Å². The lowest BCUT2D eigenvalue weighted by Gasteiger charge is -2.26. The lowest BCUT2D eigenvalue weighted by molar-refractivity contribution is -0.140. The van der Waals surface area contributed by atoms with Gasteiger partial charge in [-0.2, -0.15) is 0 Å². The normalized spacial score (nSPS) is 11.5. The summed E-state index contributed by atoms with van der Waals surface area (Å²) < 4.78 is 21.5. The van der Waals surface area contributed by atoms with Crippen LogP contribution in [0.3, 0.4) is 0 Å². The van der Waals surface area contributed by atoms with Crippen LogP contribution in [0.1, 0.15) is 22.6 Å². The van der Waals surface area contributed by atoms with Crippen molar-refractivity contribution in [3.63, 3.8) is 0 Å². The molecule has 0 aliphatic carbocycles. The first-order valence-electron chi connectivity index (χ1n) is 11.0. The third-order valence-corrected chi connectivity index (χ3v) is 5.43. The van der Waals surface area contributed by atoms with Crippen molar-refractivity contribution < 1.29 is 28.3 Å². The van der Waals surface area contributed by atoms with Crippen molar-refractivity contribution in [3.05, 3.63) is 81.1 Å². The largest absolute Gasteiger partial charge is 0.466 e. The second-order valence-corrected chi connectivity index (χ2v) is 7.79. The summed E-state index contributed by atoms with van der Waals surface area (Å²) in [6.07, 6.45) is 2.02. The van der Waals surface area contributed by atoms with Crippen LogP contribution in [0.4, 0.5) is 0 Å². The molecule has 1 aromatic carbocycles. The van der Waals surface area contributed by atoms with E-state index < -0.39 is 11.9 Å². The van der Waals surface area contributed by atoms with Gasteiger partial charge in [0.2, 0.25) is 0 Å². The number of benzene rings is 1. The van der Waals surface area contributed by atoms with Gasteiger partial charge in [0.25, 0.3) is 5.56 Å². The van der Waals surface area contributed by atoms with Crippen LogP contribution >= 0.6 is 0 Å². The molecule has 35 heavy (non-hydrogen) atoms. The molecule has 10 heteroatoms. The van der Waals surface area contributed by atoms with Gasteiger partial charge in [-0.05, 0) is 18.9 Å². The molecular weight excluding hydrogens is 454 g/mol. The summed E-state index contributed by atoms with van der Waals surface area (Å²) >= 11 is 0. The summed E-state index contributed by atoms with van der Waals surface area (Å²) in [6.45, 7) is 2.47. The van der Waals surface area contributed by atoms with Gasteiger partial charge in [-0.25, -0.2) is 14.6 Å². The lowest BCUT2D eigenvalue weighted by atomic mass is 10.1. The number of aryl methyl sites for hydroxylation is 1. The summed E-state index contributed by atoms with van der Waals surface area (Å²) in [5.74, 6) is -0.801. The third-order valence-electron chi connectivity index (χ3n) is 5.43. The highest BCUT2D eigenvalue weighted by atomic mass is 16.5. The standard InChI is InChI=1S/C25H29N3O7/c1-17-14-22-26-20(19(16-32-2)24(30)28(22)35-17)11-13-27(12-10-18-8-6-5-7-9-18)21(25(31)34-4)15-23(29)33-3/h5-9,14-15H,10-13,16H2,1-4H3/b21-15+. The lowest BCUT2D eigenvalue weighted by Crippen LogP contribution is -2.34. The summed E-state index contributed by atoms with van der Waals surface area (Å²) in [5, 5.41) is 0. The van der Waals surface area contributed by atoms with E-state index >= 15 is 0 Å². The molecule has 0 fully saturated rings. The number of hydrogen-bond acceptors (Lipinski definition) is 9. The van der Waals surface area contributed by atoms with Crippen molar-refractivity contribution >= 4 is 17.6 Å². The van der Waals surface area contributed by atoms with Crippen LogP contribution < -0.4 is 5.56 Å². The van der Waals surface area contributed by atoms with E-state index in [0.717, 1.165) is 16.2 Å². The van der Waals surface area contributed by atoms with E-state index in [1.165, 1.54) is 21.3 Å². The molecule has 0 unspecified atom stereocenters. The Balaban J connectivity index is 1.96. The Kier molecular flexibility index (Phi) is 8.80. The highest BCUT2D eigenvalue weighted by molar-refractivity contribution is 5.95.